The van der Waals surface area contributed by atoms with Crippen molar-refractivity contribution in [3.05, 3.63) is 53.5 Å². The smallest absolute Gasteiger partial charge is 0.335 e. The van der Waals surface area contributed by atoms with Crippen molar-refractivity contribution in [3.63, 3.8) is 0 Å². The SMILES string of the molecule is N#Cc1nccnc1NCC1CC(Cc2ccccc2C(=O)O)C1. The molecule has 0 saturated heterocycles. The molecule has 6 heteroatoms. The number of carboxylic acids is 1. The van der Waals surface area contributed by atoms with Crippen molar-refractivity contribution in [2.24, 2.45) is 11.8 Å². The van der Waals surface area contributed by atoms with Gasteiger partial charge in [-0.25, -0.2) is 14.8 Å². The predicted molar refractivity (Wildman–Crippen MR) is 88.6 cm³/mol. The monoisotopic (exact) mass is 322 g/mol. The second-order valence-electron chi connectivity index (χ2n) is 6.12. The maximum absolute atomic E-state index is 11.2. The fourth-order valence-electron chi connectivity index (χ4n) is 3.22. The molecule has 2 aromatic rings. The maximum atomic E-state index is 11.2. The van der Waals surface area contributed by atoms with Gasteiger partial charge in [-0.3, -0.25) is 0 Å². The minimum atomic E-state index is -0.866. The highest BCUT2D eigenvalue weighted by Gasteiger charge is 2.30. The zero-order chi connectivity index (χ0) is 16.9. The summed E-state index contributed by atoms with van der Waals surface area (Å²) in [5.74, 6) is 0.685. The number of hydrogen-bond acceptors (Lipinski definition) is 5. The Labute approximate surface area is 140 Å². The topological polar surface area (TPSA) is 98.9 Å². The fraction of sp³-hybridized carbons (Fsp3) is 0.333. The van der Waals surface area contributed by atoms with Gasteiger partial charge in [0.05, 0.1) is 5.56 Å². The number of aromatic carboxylic acids is 1. The largest absolute Gasteiger partial charge is 0.478 e. The number of aromatic nitrogens is 2. The van der Waals surface area contributed by atoms with Crippen LogP contribution in [0.4, 0.5) is 5.82 Å². The van der Waals surface area contributed by atoms with Crippen LogP contribution in [0.25, 0.3) is 0 Å². The maximum Gasteiger partial charge on any atom is 0.335 e. The highest BCUT2D eigenvalue weighted by Crippen LogP contribution is 2.36. The first-order valence-electron chi connectivity index (χ1n) is 7.93. The van der Waals surface area contributed by atoms with Crippen molar-refractivity contribution in [2.45, 2.75) is 19.3 Å². The Morgan fingerprint density at radius 3 is 2.75 bits per heavy atom. The number of benzene rings is 1. The van der Waals surface area contributed by atoms with Crippen LogP contribution in [-0.4, -0.2) is 27.6 Å². The molecule has 1 aromatic carbocycles. The summed E-state index contributed by atoms with van der Waals surface area (Å²) in [6.07, 6.45) is 5.96. The number of rotatable bonds is 6. The number of nitrogens with zero attached hydrogens (tertiary/aromatic N) is 3. The summed E-state index contributed by atoms with van der Waals surface area (Å²) in [5.41, 5.74) is 1.61. The van der Waals surface area contributed by atoms with Gasteiger partial charge < -0.3 is 10.4 Å². The van der Waals surface area contributed by atoms with Gasteiger partial charge in [0.2, 0.25) is 0 Å². The summed E-state index contributed by atoms with van der Waals surface area (Å²) in [6.45, 7) is 0.754. The van der Waals surface area contributed by atoms with Crippen molar-refractivity contribution in [2.75, 3.05) is 11.9 Å². The van der Waals surface area contributed by atoms with Crippen LogP contribution in [0, 0.1) is 23.2 Å². The summed E-state index contributed by atoms with van der Waals surface area (Å²) in [4.78, 5) is 19.4. The Morgan fingerprint density at radius 2 is 2.00 bits per heavy atom. The van der Waals surface area contributed by atoms with Crippen LogP contribution in [0.1, 0.15) is 34.5 Å². The molecular formula is C18H18N4O2. The van der Waals surface area contributed by atoms with E-state index in [4.69, 9.17) is 5.26 Å². The van der Waals surface area contributed by atoms with Crippen LogP contribution in [-0.2, 0) is 6.42 Å². The van der Waals surface area contributed by atoms with Gasteiger partial charge in [0.15, 0.2) is 11.5 Å². The van der Waals surface area contributed by atoms with E-state index in [0.717, 1.165) is 31.4 Å². The minimum Gasteiger partial charge on any atom is -0.478 e. The van der Waals surface area contributed by atoms with Gasteiger partial charge in [-0.2, -0.15) is 5.26 Å². The molecule has 0 amide bonds. The molecule has 122 valence electrons. The van der Waals surface area contributed by atoms with E-state index in [1.54, 1.807) is 18.3 Å². The zero-order valence-electron chi connectivity index (χ0n) is 13.1. The predicted octanol–water partition coefficient (Wildman–Crippen LogP) is 2.73. The van der Waals surface area contributed by atoms with Gasteiger partial charge in [-0.15, -0.1) is 0 Å². The van der Waals surface area contributed by atoms with Crippen LogP contribution in [0.15, 0.2) is 36.7 Å². The number of carboxylic acid groups (broad SMARTS) is 1. The third kappa shape index (κ3) is 3.51. The van der Waals surface area contributed by atoms with Gasteiger partial charge in [-0.1, -0.05) is 18.2 Å². The van der Waals surface area contributed by atoms with Crippen molar-refractivity contribution >= 4 is 11.8 Å². The number of anilines is 1. The molecule has 2 N–H and O–H groups in total. The van der Waals surface area contributed by atoms with Crippen LogP contribution in [0.2, 0.25) is 0 Å². The summed E-state index contributed by atoms with van der Waals surface area (Å²) in [7, 11) is 0. The molecule has 3 rings (SSSR count). The molecule has 0 aliphatic heterocycles. The average Bonchev–Trinajstić information content (AvgIpc) is 2.57. The Bertz CT molecular complexity index is 779. The minimum absolute atomic E-state index is 0.309. The highest BCUT2D eigenvalue weighted by atomic mass is 16.4. The van der Waals surface area contributed by atoms with E-state index in [2.05, 4.69) is 15.3 Å². The molecule has 0 radical (unpaired) electrons. The zero-order valence-corrected chi connectivity index (χ0v) is 13.1. The normalized spacial score (nSPS) is 19.1. The lowest BCUT2D eigenvalue weighted by Crippen LogP contribution is -2.31. The van der Waals surface area contributed by atoms with Crippen molar-refractivity contribution in [3.8, 4) is 6.07 Å². The van der Waals surface area contributed by atoms with E-state index in [-0.39, 0.29) is 0 Å². The third-order valence-electron chi connectivity index (χ3n) is 4.45. The summed E-state index contributed by atoms with van der Waals surface area (Å²) in [5, 5.41) is 21.4. The van der Waals surface area contributed by atoms with Crippen LogP contribution < -0.4 is 5.32 Å². The van der Waals surface area contributed by atoms with Crippen molar-refractivity contribution in [1.82, 2.24) is 9.97 Å². The molecule has 1 fully saturated rings. The van der Waals surface area contributed by atoms with Gasteiger partial charge in [0.25, 0.3) is 0 Å². The first-order chi connectivity index (χ1) is 11.7. The van der Waals surface area contributed by atoms with Crippen molar-refractivity contribution < 1.29 is 9.90 Å². The molecule has 0 bridgehead atoms. The number of nitrogens with one attached hydrogen (secondary N) is 1. The van der Waals surface area contributed by atoms with E-state index in [1.165, 1.54) is 6.20 Å². The lowest BCUT2D eigenvalue weighted by molar-refractivity contribution is 0.0695. The summed E-state index contributed by atoms with van der Waals surface area (Å²) < 4.78 is 0. The summed E-state index contributed by atoms with van der Waals surface area (Å²) >= 11 is 0. The van der Waals surface area contributed by atoms with E-state index < -0.39 is 5.97 Å². The lowest BCUT2D eigenvalue weighted by atomic mass is 9.71. The molecule has 24 heavy (non-hydrogen) atoms. The molecule has 0 unspecified atom stereocenters. The second-order valence-corrected chi connectivity index (χ2v) is 6.12. The van der Waals surface area contributed by atoms with Gasteiger partial charge in [-0.05, 0) is 42.7 Å². The van der Waals surface area contributed by atoms with E-state index in [1.807, 2.05) is 18.2 Å². The molecule has 1 saturated carbocycles. The van der Waals surface area contributed by atoms with Crippen LogP contribution in [0.5, 0.6) is 0 Å². The Balaban J connectivity index is 1.50. The molecule has 1 aromatic heterocycles. The summed E-state index contributed by atoms with van der Waals surface area (Å²) in [6, 6.07) is 9.22. The quantitative estimate of drug-likeness (QED) is 0.848. The van der Waals surface area contributed by atoms with E-state index >= 15 is 0 Å². The molecular weight excluding hydrogens is 304 g/mol. The van der Waals surface area contributed by atoms with Gasteiger partial charge >= 0.3 is 5.97 Å². The molecule has 1 aliphatic carbocycles. The van der Waals surface area contributed by atoms with Gasteiger partial charge in [0.1, 0.15) is 6.07 Å². The lowest BCUT2D eigenvalue weighted by Gasteiger charge is -2.36. The number of carbonyl (C=O) groups is 1. The molecule has 0 atom stereocenters. The van der Waals surface area contributed by atoms with Crippen LogP contribution >= 0.6 is 0 Å². The van der Waals surface area contributed by atoms with Crippen LogP contribution in [0.3, 0.4) is 0 Å². The third-order valence-corrected chi connectivity index (χ3v) is 4.45. The average molecular weight is 322 g/mol. The van der Waals surface area contributed by atoms with Gasteiger partial charge in [0, 0.05) is 18.9 Å². The number of hydrogen-bond donors (Lipinski definition) is 2. The molecule has 1 heterocycles. The Kier molecular flexibility index (Phi) is 4.71. The highest BCUT2D eigenvalue weighted by molar-refractivity contribution is 5.89. The fourth-order valence-corrected chi connectivity index (χ4v) is 3.22. The van der Waals surface area contributed by atoms with E-state index in [9.17, 15) is 9.90 Å². The Hall–Kier alpha value is -2.94. The first kappa shape index (κ1) is 15.9. The Morgan fingerprint density at radius 1 is 1.25 bits per heavy atom. The molecule has 6 nitrogen and oxygen atoms in total. The molecule has 0 spiro atoms. The number of nitriles is 1. The van der Waals surface area contributed by atoms with Crippen molar-refractivity contribution in [1.29, 1.82) is 5.26 Å². The van der Waals surface area contributed by atoms with E-state index in [0.29, 0.717) is 28.9 Å². The standard InChI is InChI=1S/C18H18N4O2/c19-10-16-17(21-6-5-20-16)22-11-13-7-12(8-13)9-14-3-1-2-4-15(14)18(23)24/h1-6,12-13H,7-9,11H2,(H,21,22)(H,23,24). The second kappa shape index (κ2) is 7.09. The first-order valence-corrected chi connectivity index (χ1v) is 7.93. The molecule has 1 aliphatic rings.